The van der Waals surface area contributed by atoms with Gasteiger partial charge in [-0.2, -0.15) is 5.10 Å². The molecular formula is C19H31ClN4O3S. The van der Waals surface area contributed by atoms with E-state index in [4.69, 9.17) is 31.5 Å². The molecule has 0 aliphatic rings. The van der Waals surface area contributed by atoms with Gasteiger partial charge in [-0.25, -0.2) is 0 Å². The molecule has 2 heterocycles. The average Bonchev–Trinajstić information content (AvgIpc) is 3.10. The highest BCUT2D eigenvalue weighted by atomic mass is 35.5. The van der Waals surface area contributed by atoms with E-state index < -0.39 is 6.23 Å². The van der Waals surface area contributed by atoms with Gasteiger partial charge in [0.2, 0.25) is 0 Å². The number of pyridine rings is 1. The summed E-state index contributed by atoms with van der Waals surface area (Å²) in [5.74, 6) is 0. The van der Waals surface area contributed by atoms with Crippen LogP contribution in [-0.4, -0.2) is 52.9 Å². The van der Waals surface area contributed by atoms with Crippen molar-refractivity contribution in [3.63, 3.8) is 0 Å². The van der Waals surface area contributed by atoms with Crippen molar-refractivity contribution in [2.75, 3.05) is 20.3 Å². The van der Waals surface area contributed by atoms with Crippen LogP contribution in [0.5, 0.6) is 0 Å². The molecule has 3 atom stereocenters. The fourth-order valence-electron chi connectivity index (χ4n) is 2.25. The number of hydrogen-bond donors (Lipinski definition) is 1. The van der Waals surface area contributed by atoms with Crippen LogP contribution in [0.4, 0.5) is 0 Å². The number of nitrogens with two attached hydrogens (primary N) is 1. The van der Waals surface area contributed by atoms with Gasteiger partial charge < -0.3 is 19.9 Å². The summed E-state index contributed by atoms with van der Waals surface area (Å²) in [6.07, 6.45) is 4.36. The van der Waals surface area contributed by atoms with Gasteiger partial charge in [0.15, 0.2) is 0 Å². The normalized spacial score (nSPS) is 14.1. The molecule has 28 heavy (non-hydrogen) atoms. The first-order valence-corrected chi connectivity index (χ1v) is 10.6. The van der Waals surface area contributed by atoms with E-state index in [2.05, 4.69) is 10.1 Å². The zero-order valence-electron chi connectivity index (χ0n) is 17.2. The predicted molar refractivity (Wildman–Crippen MR) is 114 cm³/mol. The van der Waals surface area contributed by atoms with Gasteiger partial charge in [0.05, 0.1) is 23.9 Å². The molecular weight excluding hydrogens is 400 g/mol. The van der Waals surface area contributed by atoms with E-state index in [-0.39, 0.29) is 11.5 Å². The largest absolute Gasteiger partial charge is 0.378 e. The van der Waals surface area contributed by atoms with Gasteiger partial charge in [0, 0.05) is 37.2 Å². The van der Waals surface area contributed by atoms with Crippen molar-refractivity contribution in [3.8, 4) is 0 Å². The van der Waals surface area contributed by atoms with Crippen molar-refractivity contribution in [1.29, 1.82) is 0 Å². The third-order valence-electron chi connectivity index (χ3n) is 3.47. The molecule has 0 radical (unpaired) electrons. The van der Waals surface area contributed by atoms with Crippen LogP contribution in [0.1, 0.15) is 26.5 Å². The summed E-state index contributed by atoms with van der Waals surface area (Å²) in [6.45, 7) is 9.26. The summed E-state index contributed by atoms with van der Waals surface area (Å²) >= 11 is 7.49. The van der Waals surface area contributed by atoms with E-state index in [1.807, 2.05) is 50.7 Å². The van der Waals surface area contributed by atoms with Crippen LogP contribution < -0.4 is 5.73 Å². The molecule has 2 aromatic rings. The van der Waals surface area contributed by atoms with Crippen LogP contribution in [-0.2, 0) is 20.8 Å². The number of nitrogens with zero attached hydrogens (tertiary/aromatic N) is 3. The lowest BCUT2D eigenvalue weighted by atomic mass is 10.3. The highest BCUT2D eigenvalue weighted by Gasteiger charge is 2.27. The van der Waals surface area contributed by atoms with Crippen LogP contribution in [0.2, 0.25) is 5.02 Å². The average molecular weight is 431 g/mol. The van der Waals surface area contributed by atoms with Crippen molar-refractivity contribution in [2.24, 2.45) is 5.73 Å². The minimum atomic E-state index is -0.573. The maximum absolute atomic E-state index is 6.05. The zero-order chi connectivity index (χ0) is 20.9. The number of aromatic nitrogens is 3. The number of aryl methyl sites for hydroxylation is 1. The van der Waals surface area contributed by atoms with Crippen LogP contribution in [0.3, 0.4) is 0 Å². The van der Waals surface area contributed by atoms with Crippen molar-refractivity contribution < 1.29 is 14.2 Å². The summed E-state index contributed by atoms with van der Waals surface area (Å²) in [6, 6.07) is 3.77. The van der Waals surface area contributed by atoms with Gasteiger partial charge in [-0.15, -0.1) is 0 Å². The molecule has 2 aromatic heterocycles. The van der Waals surface area contributed by atoms with Crippen molar-refractivity contribution in [2.45, 2.75) is 56.9 Å². The first-order chi connectivity index (χ1) is 13.5. The van der Waals surface area contributed by atoms with Crippen molar-refractivity contribution in [1.82, 2.24) is 14.8 Å². The number of methoxy groups -OCH3 is 1. The number of thioether (sulfide) groups is 1. The minimum Gasteiger partial charge on any atom is -0.378 e. The van der Waals surface area contributed by atoms with Gasteiger partial charge >= 0.3 is 0 Å². The summed E-state index contributed by atoms with van der Waals surface area (Å²) < 4.78 is 18.9. The molecule has 0 saturated heterocycles. The molecule has 2 N–H and O–H groups in total. The SMILES string of the molecule is CC.CCOCC(N)OC(Sc1cncc(Cl)c1)[C@H](Cn1ccc(C)n1)OC. The summed E-state index contributed by atoms with van der Waals surface area (Å²) in [4.78, 5) is 4.98. The Morgan fingerprint density at radius 1 is 1.32 bits per heavy atom. The van der Waals surface area contributed by atoms with Gasteiger partial charge in [0.1, 0.15) is 17.8 Å². The molecule has 0 spiro atoms. The van der Waals surface area contributed by atoms with Crippen LogP contribution >= 0.6 is 23.4 Å². The first kappa shape index (κ1) is 24.9. The van der Waals surface area contributed by atoms with E-state index in [1.54, 1.807) is 19.5 Å². The maximum Gasteiger partial charge on any atom is 0.137 e. The summed E-state index contributed by atoms with van der Waals surface area (Å²) in [7, 11) is 1.64. The Morgan fingerprint density at radius 3 is 2.64 bits per heavy atom. The van der Waals surface area contributed by atoms with Crippen molar-refractivity contribution >= 4 is 23.4 Å². The Bertz CT molecular complexity index is 674. The lowest BCUT2D eigenvalue weighted by Gasteiger charge is -2.28. The lowest BCUT2D eigenvalue weighted by molar-refractivity contribution is -0.0753. The standard InChI is InChI=1S/C17H25ClN4O3S.C2H6/c1-4-24-11-16(19)25-17(26-14-7-13(18)8-20-9-14)15(23-3)10-22-6-5-12(2)21-22;1-2/h5-9,15-17H,4,10-11,19H2,1-3H3;1-2H3/t15-,16?,17?;/m0./s1. The topological polar surface area (TPSA) is 84.4 Å². The fourth-order valence-corrected chi connectivity index (χ4v) is 3.62. The van der Waals surface area contributed by atoms with E-state index in [1.165, 1.54) is 11.8 Å². The molecule has 2 unspecified atom stereocenters. The number of halogens is 1. The smallest absolute Gasteiger partial charge is 0.137 e. The number of ether oxygens (including phenoxy) is 3. The molecule has 7 nitrogen and oxygen atoms in total. The van der Waals surface area contributed by atoms with Gasteiger partial charge in [0.25, 0.3) is 0 Å². The highest BCUT2D eigenvalue weighted by molar-refractivity contribution is 7.99. The molecule has 0 aromatic carbocycles. The second-order valence-electron chi connectivity index (χ2n) is 5.61. The number of hydrogen-bond acceptors (Lipinski definition) is 7. The van der Waals surface area contributed by atoms with Crippen LogP contribution in [0, 0.1) is 6.92 Å². The minimum absolute atomic E-state index is 0.286. The molecule has 0 amide bonds. The molecule has 2 rings (SSSR count). The second-order valence-corrected chi connectivity index (χ2v) is 7.22. The van der Waals surface area contributed by atoms with E-state index >= 15 is 0 Å². The second kappa shape index (κ2) is 13.9. The van der Waals surface area contributed by atoms with Gasteiger partial charge in [-0.1, -0.05) is 37.2 Å². The third kappa shape index (κ3) is 8.89. The third-order valence-corrected chi connectivity index (χ3v) is 4.82. The first-order valence-electron chi connectivity index (χ1n) is 9.30. The maximum atomic E-state index is 6.05. The Kier molecular flexibility index (Phi) is 12.4. The Balaban J connectivity index is 0.00000190. The monoisotopic (exact) mass is 430 g/mol. The fraction of sp³-hybridized carbons (Fsp3) is 0.579. The molecule has 0 aliphatic carbocycles. The molecule has 0 saturated carbocycles. The summed E-state index contributed by atoms with van der Waals surface area (Å²) in [5, 5.41) is 4.97. The van der Waals surface area contributed by atoms with Gasteiger partial charge in [-0.3, -0.25) is 9.67 Å². The predicted octanol–water partition coefficient (Wildman–Crippen LogP) is 3.74. The van der Waals surface area contributed by atoms with Crippen LogP contribution in [0.15, 0.2) is 35.6 Å². The van der Waals surface area contributed by atoms with E-state index in [0.29, 0.717) is 24.8 Å². The molecule has 9 heteroatoms. The van der Waals surface area contributed by atoms with Crippen molar-refractivity contribution in [3.05, 3.63) is 41.4 Å². The highest BCUT2D eigenvalue weighted by Crippen LogP contribution is 2.29. The Morgan fingerprint density at radius 2 is 2.07 bits per heavy atom. The van der Waals surface area contributed by atoms with Gasteiger partial charge in [-0.05, 0) is 26.0 Å². The zero-order valence-corrected chi connectivity index (χ0v) is 18.7. The molecule has 0 bridgehead atoms. The Hall–Kier alpha value is -1.16. The molecule has 0 fully saturated rings. The Labute approximate surface area is 176 Å². The van der Waals surface area contributed by atoms with E-state index in [0.717, 1.165) is 10.6 Å². The van der Waals surface area contributed by atoms with E-state index in [9.17, 15) is 0 Å². The molecule has 0 aliphatic heterocycles. The summed E-state index contributed by atoms with van der Waals surface area (Å²) in [5.41, 5.74) is 6.61. The number of rotatable bonds is 11. The van der Waals surface area contributed by atoms with Crippen LogP contribution in [0.25, 0.3) is 0 Å². The quantitative estimate of drug-likeness (QED) is 0.429. The molecule has 158 valence electrons. The lowest BCUT2D eigenvalue weighted by Crippen LogP contribution is -2.40.